The fourth-order valence-electron chi connectivity index (χ4n) is 1.54. The van der Waals surface area contributed by atoms with Crippen LogP contribution in [0.3, 0.4) is 0 Å². The van der Waals surface area contributed by atoms with Crippen LogP contribution in [-0.4, -0.2) is 54.7 Å². The van der Waals surface area contributed by atoms with Gasteiger partial charge in [-0.3, -0.25) is 4.79 Å². The minimum Gasteiger partial charge on any atom is -0.444 e. The first kappa shape index (κ1) is 20.7. The number of ether oxygens (including phenoxy) is 1. The second-order valence-electron chi connectivity index (χ2n) is 7.79. The first-order chi connectivity index (χ1) is 9.76. The molecule has 0 saturated carbocycles. The van der Waals surface area contributed by atoms with Crippen molar-refractivity contribution in [3.8, 4) is 0 Å². The summed E-state index contributed by atoms with van der Waals surface area (Å²) in [4.78, 5) is 26.3. The van der Waals surface area contributed by atoms with Crippen LogP contribution in [0.1, 0.15) is 48.5 Å². The van der Waals surface area contributed by atoms with Crippen LogP contribution in [-0.2, 0) is 9.53 Å². The number of nitrogens with zero attached hydrogens (tertiary/aromatic N) is 1. The third-order valence-corrected chi connectivity index (χ3v) is 3.53. The number of hydrogen-bond acceptors (Lipinski definition) is 4. The first-order valence-electron chi connectivity index (χ1n) is 7.71. The molecule has 6 heteroatoms. The Morgan fingerprint density at radius 3 is 1.95 bits per heavy atom. The highest BCUT2D eigenvalue weighted by molar-refractivity contribution is 5.86. The fourth-order valence-corrected chi connectivity index (χ4v) is 1.54. The van der Waals surface area contributed by atoms with Crippen LogP contribution in [0.2, 0.25) is 0 Å². The Balaban J connectivity index is 4.69. The van der Waals surface area contributed by atoms with Crippen molar-refractivity contribution in [2.45, 2.75) is 65.6 Å². The predicted octanol–water partition coefficient (Wildman–Crippen LogP) is 1.99. The van der Waals surface area contributed by atoms with E-state index in [1.807, 2.05) is 46.7 Å². The summed E-state index contributed by atoms with van der Waals surface area (Å²) in [5.41, 5.74) is -0.752. The Kier molecular flexibility index (Phi) is 7.35. The van der Waals surface area contributed by atoms with Crippen molar-refractivity contribution < 1.29 is 14.3 Å². The Morgan fingerprint density at radius 1 is 1.09 bits per heavy atom. The molecule has 1 atom stereocenters. The summed E-state index contributed by atoms with van der Waals surface area (Å²) in [6.45, 7) is 13.7. The van der Waals surface area contributed by atoms with E-state index in [9.17, 15) is 9.59 Å². The van der Waals surface area contributed by atoms with Crippen LogP contribution in [0.5, 0.6) is 0 Å². The molecule has 0 saturated heterocycles. The molecule has 2 N–H and O–H groups in total. The lowest BCUT2D eigenvalue weighted by molar-refractivity contribution is -0.124. The zero-order valence-corrected chi connectivity index (χ0v) is 15.5. The Labute approximate surface area is 135 Å². The van der Waals surface area contributed by atoms with Gasteiger partial charge < -0.3 is 20.3 Å². The third kappa shape index (κ3) is 7.64. The molecule has 2 amide bonds. The topological polar surface area (TPSA) is 70.7 Å². The highest BCUT2D eigenvalue weighted by Gasteiger charge is 2.28. The quantitative estimate of drug-likeness (QED) is 0.786. The Bertz CT molecular complexity index is 385. The minimum absolute atomic E-state index is 0.0324. The molecule has 0 aliphatic carbocycles. The molecule has 22 heavy (non-hydrogen) atoms. The van der Waals surface area contributed by atoms with Gasteiger partial charge in [-0.15, -0.1) is 0 Å². The molecule has 0 aliphatic rings. The highest BCUT2D eigenvalue weighted by Crippen LogP contribution is 2.10. The molecule has 0 rings (SSSR count). The lowest BCUT2D eigenvalue weighted by Gasteiger charge is -2.33. The number of likely N-dealkylation sites (N-methyl/N-ethyl adjacent to an activating group) is 1. The minimum atomic E-state index is -0.618. The molecule has 130 valence electrons. The molecular weight excluding hydrogens is 282 g/mol. The number of rotatable bonds is 6. The van der Waals surface area contributed by atoms with Crippen molar-refractivity contribution in [3.63, 3.8) is 0 Å². The van der Waals surface area contributed by atoms with Crippen LogP contribution >= 0.6 is 0 Å². The van der Waals surface area contributed by atoms with Gasteiger partial charge in [-0.1, -0.05) is 13.8 Å². The van der Waals surface area contributed by atoms with Gasteiger partial charge in [-0.05, 0) is 54.6 Å². The number of carbonyl (C=O) groups excluding carboxylic acids is 2. The number of carbonyl (C=O) groups is 2. The second kappa shape index (κ2) is 7.81. The van der Waals surface area contributed by atoms with Crippen molar-refractivity contribution in [3.05, 3.63) is 0 Å². The summed E-state index contributed by atoms with van der Waals surface area (Å²) in [5, 5.41) is 5.55. The molecule has 0 bridgehead atoms. The van der Waals surface area contributed by atoms with Gasteiger partial charge in [0, 0.05) is 12.1 Å². The van der Waals surface area contributed by atoms with E-state index in [2.05, 4.69) is 10.6 Å². The lowest BCUT2D eigenvalue weighted by atomic mass is 10.0. The maximum absolute atomic E-state index is 12.4. The van der Waals surface area contributed by atoms with Crippen molar-refractivity contribution in [2.75, 3.05) is 20.6 Å². The van der Waals surface area contributed by atoms with Gasteiger partial charge in [0.05, 0.1) is 0 Å². The van der Waals surface area contributed by atoms with Crippen LogP contribution in [0, 0.1) is 5.92 Å². The van der Waals surface area contributed by atoms with E-state index >= 15 is 0 Å². The number of alkyl carbamates (subject to hydrolysis) is 1. The van der Waals surface area contributed by atoms with Gasteiger partial charge in [0.2, 0.25) is 5.91 Å². The first-order valence-corrected chi connectivity index (χ1v) is 7.71. The van der Waals surface area contributed by atoms with Gasteiger partial charge in [0.15, 0.2) is 0 Å². The lowest BCUT2D eigenvalue weighted by Crippen LogP contribution is -2.55. The highest BCUT2D eigenvalue weighted by atomic mass is 16.6. The van der Waals surface area contributed by atoms with Gasteiger partial charge in [-0.25, -0.2) is 4.79 Å². The van der Waals surface area contributed by atoms with Crippen LogP contribution in [0.25, 0.3) is 0 Å². The SMILES string of the molecule is CC(C)C(NC(=O)OC(C)(C)C)C(=O)NCC(C)(C)N(C)C. The second-order valence-corrected chi connectivity index (χ2v) is 7.79. The number of nitrogens with one attached hydrogen (secondary N) is 2. The molecule has 0 aromatic rings. The summed E-state index contributed by atoms with van der Waals surface area (Å²) >= 11 is 0. The molecule has 0 aliphatic heterocycles. The van der Waals surface area contributed by atoms with Crippen molar-refractivity contribution in [1.29, 1.82) is 0 Å². The Morgan fingerprint density at radius 2 is 1.59 bits per heavy atom. The largest absolute Gasteiger partial charge is 0.444 e. The van der Waals surface area contributed by atoms with Crippen molar-refractivity contribution in [1.82, 2.24) is 15.5 Å². The average molecular weight is 315 g/mol. The maximum atomic E-state index is 12.4. The molecule has 1 unspecified atom stereocenters. The Hall–Kier alpha value is -1.30. The molecule has 0 fully saturated rings. The zero-order chi connectivity index (χ0) is 17.7. The molecule has 0 radical (unpaired) electrons. The predicted molar refractivity (Wildman–Crippen MR) is 88.8 cm³/mol. The summed E-state index contributed by atoms with van der Waals surface area (Å²) < 4.78 is 5.21. The van der Waals surface area contributed by atoms with E-state index in [1.165, 1.54) is 0 Å². The summed E-state index contributed by atoms with van der Waals surface area (Å²) in [6.07, 6.45) is -0.576. The van der Waals surface area contributed by atoms with Crippen molar-refractivity contribution in [2.24, 2.45) is 5.92 Å². The smallest absolute Gasteiger partial charge is 0.408 e. The molecular formula is C16H33N3O3. The summed E-state index contributed by atoms with van der Waals surface area (Å²) in [6, 6.07) is -0.618. The average Bonchev–Trinajstić information content (AvgIpc) is 2.30. The molecule has 0 aromatic carbocycles. The number of amides is 2. The van der Waals surface area contributed by atoms with Crippen LogP contribution in [0.4, 0.5) is 4.79 Å². The van der Waals surface area contributed by atoms with E-state index in [1.54, 1.807) is 20.8 Å². The van der Waals surface area contributed by atoms with Gasteiger partial charge in [0.25, 0.3) is 0 Å². The fraction of sp³-hybridized carbons (Fsp3) is 0.875. The third-order valence-electron chi connectivity index (χ3n) is 3.53. The summed E-state index contributed by atoms with van der Waals surface area (Å²) in [7, 11) is 3.93. The molecule has 0 heterocycles. The van der Waals surface area contributed by atoms with E-state index in [0.29, 0.717) is 6.54 Å². The van der Waals surface area contributed by atoms with Crippen LogP contribution < -0.4 is 10.6 Å². The van der Waals surface area contributed by atoms with Crippen LogP contribution in [0.15, 0.2) is 0 Å². The van der Waals surface area contributed by atoms with Gasteiger partial charge in [0.1, 0.15) is 11.6 Å². The van der Waals surface area contributed by atoms with Gasteiger partial charge >= 0.3 is 6.09 Å². The van der Waals surface area contributed by atoms with E-state index in [-0.39, 0.29) is 17.4 Å². The molecule has 0 spiro atoms. The zero-order valence-electron chi connectivity index (χ0n) is 15.5. The number of hydrogen-bond donors (Lipinski definition) is 2. The van der Waals surface area contributed by atoms with E-state index < -0.39 is 17.7 Å². The monoisotopic (exact) mass is 315 g/mol. The molecule has 6 nitrogen and oxygen atoms in total. The molecule has 0 aromatic heterocycles. The maximum Gasteiger partial charge on any atom is 0.408 e. The van der Waals surface area contributed by atoms with Gasteiger partial charge in [-0.2, -0.15) is 0 Å². The van der Waals surface area contributed by atoms with Crippen molar-refractivity contribution >= 4 is 12.0 Å². The van der Waals surface area contributed by atoms with E-state index in [0.717, 1.165) is 0 Å². The summed E-state index contributed by atoms with van der Waals surface area (Å²) in [5.74, 6) is -0.231. The normalized spacial score (nSPS) is 14.0. The standard InChI is InChI=1S/C16H33N3O3/c1-11(2)12(18-14(21)22-15(3,4)5)13(20)17-10-16(6,7)19(8)9/h11-12H,10H2,1-9H3,(H,17,20)(H,18,21). The van der Waals surface area contributed by atoms with E-state index in [4.69, 9.17) is 4.74 Å².